The lowest BCUT2D eigenvalue weighted by atomic mass is 9.98. The van der Waals surface area contributed by atoms with Crippen molar-refractivity contribution in [3.8, 4) is 0 Å². The normalized spacial score (nSPS) is 24.6. The lowest BCUT2D eigenvalue weighted by Gasteiger charge is -2.17. The zero-order valence-corrected chi connectivity index (χ0v) is 11.9. The van der Waals surface area contributed by atoms with Gasteiger partial charge >= 0.3 is 0 Å². The molecule has 2 rings (SSSR count). The minimum Gasteiger partial charge on any atom is -0.274 e. The van der Waals surface area contributed by atoms with Crippen LogP contribution in [0.5, 0.6) is 0 Å². The van der Waals surface area contributed by atoms with Gasteiger partial charge in [-0.3, -0.25) is 4.68 Å². The second-order valence-corrected chi connectivity index (χ2v) is 6.88. The number of nitrogens with one attached hydrogen (secondary N) is 1. The van der Waals surface area contributed by atoms with Crippen LogP contribution in [-0.2, 0) is 17.1 Å². The molecule has 0 radical (unpaired) electrons. The summed E-state index contributed by atoms with van der Waals surface area (Å²) >= 11 is 5.88. The predicted molar refractivity (Wildman–Crippen MR) is 69.9 cm³/mol. The van der Waals surface area contributed by atoms with Gasteiger partial charge in [0, 0.05) is 25.7 Å². The summed E-state index contributed by atoms with van der Waals surface area (Å²) in [6.07, 6.45) is 6.14. The van der Waals surface area contributed by atoms with Crippen molar-refractivity contribution >= 4 is 21.6 Å². The molecule has 1 aliphatic carbocycles. The van der Waals surface area contributed by atoms with Gasteiger partial charge in [-0.2, -0.15) is 5.10 Å². The first-order valence-electron chi connectivity index (χ1n) is 6.07. The fraction of sp³-hybridized carbons (Fsp3) is 0.727. The fourth-order valence-electron chi connectivity index (χ4n) is 2.42. The third kappa shape index (κ3) is 3.05. The summed E-state index contributed by atoms with van der Waals surface area (Å²) in [6.45, 7) is 0.467. The van der Waals surface area contributed by atoms with Gasteiger partial charge in [0.1, 0.15) is 4.90 Å². The third-order valence-electron chi connectivity index (χ3n) is 3.54. The Hall–Kier alpha value is -0.590. The van der Waals surface area contributed by atoms with Crippen LogP contribution >= 0.6 is 11.6 Å². The van der Waals surface area contributed by atoms with Crippen molar-refractivity contribution in [3.05, 3.63) is 12.4 Å². The van der Waals surface area contributed by atoms with Crippen LogP contribution in [0.25, 0.3) is 0 Å². The Balaban J connectivity index is 1.97. The molecule has 102 valence electrons. The van der Waals surface area contributed by atoms with Crippen LogP contribution in [0.3, 0.4) is 0 Å². The van der Waals surface area contributed by atoms with Crippen molar-refractivity contribution in [1.29, 1.82) is 0 Å². The zero-order valence-electron chi connectivity index (χ0n) is 10.3. The van der Waals surface area contributed by atoms with Gasteiger partial charge in [0.05, 0.1) is 6.20 Å². The van der Waals surface area contributed by atoms with Crippen molar-refractivity contribution in [1.82, 2.24) is 14.5 Å². The molecule has 0 saturated heterocycles. The molecule has 2 unspecified atom stereocenters. The highest BCUT2D eigenvalue weighted by Gasteiger charge is 2.28. The Bertz CT molecular complexity index is 500. The maximum Gasteiger partial charge on any atom is 0.243 e. The van der Waals surface area contributed by atoms with Crippen LogP contribution in [0.1, 0.15) is 19.3 Å². The van der Waals surface area contributed by atoms with Crippen molar-refractivity contribution < 1.29 is 8.42 Å². The molecule has 0 amide bonds. The van der Waals surface area contributed by atoms with Gasteiger partial charge in [0.15, 0.2) is 0 Å². The summed E-state index contributed by atoms with van der Waals surface area (Å²) in [6, 6.07) is 0. The molecule has 0 aromatic carbocycles. The molecular weight excluding hydrogens is 274 g/mol. The number of nitrogens with zero attached hydrogens (tertiary/aromatic N) is 2. The Morgan fingerprint density at radius 1 is 1.50 bits per heavy atom. The molecule has 5 nitrogen and oxygen atoms in total. The molecule has 0 bridgehead atoms. The van der Waals surface area contributed by atoms with Crippen LogP contribution in [0.4, 0.5) is 0 Å². The summed E-state index contributed by atoms with van der Waals surface area (Å²) in [7, 11) is -1.74. The van der Waals surface area contributed by atoms with Gasteiger partial charge in [-0.25, -0.2) is 13.1 Å². The standard InChI is InChI=1S/C11H18ClN3O2S/c1-15-8-11(7-13-15)18(16,17)14-6-10-4-2-3-9(10)5-12/h7-10,14H,2-6H2,1H3. The molecule has 1 aliphatic rings. The predicted octanol–water partition coefficient (Wildman–Crippen LogP) is 1.35. The van der Waals surface area contributed by atoms with Gasteiger partial charge < -0.3 is 0 Å². The molecule has 7 heteroatoms. The Labute approximate surface area is 113 Å². The molecule has 2 atom stereocenters. The topological polar surface area (TPSA) is 64.0 Å². The van der Waals surface area contributed by atoms with Crippen LogP contribution in [0.15, 0.2) is 17.3 Å². The Kier molecular flexibility index (Phi) is 4.29. The molecule has 1 aromatic heterocycles. The van der Waals surface area contributed by atoms with E-state index in [1.807, 2.05) is 0 Å². The number of hydrogen-bond acceptors (Lipinski definition) is 3. The largest absolute Gasteiger partial charge is 0.274 e. The highest BCUT2D eigenvalue weighted by atomic mass is 35.5. The molecule has 18 heavy (non-hydrogen) atoms. The summed E-state index contributed by atoms with van der Waals surface area (Å²) in [4.78, 5) is 0.213. The van der Waals surface area contributed by atoms with Crippen LogP contribution in [0.2, 0.25) is 0 Å². The van der Waals surface area contributed by atoms with Gasteiger partial charge in [-0.05, 0) is 24.7 Å². The molecular formula is C11H18ClN3O2S. The quantitative estimate of drug-likeness (QED) is 0.833. The van der Waals surface area contributed by atoms with Gasteiger partial charge in [0.2, 0.25) is 10.0 Å². The molecule has 1 N–H and O–H groups in total. The highest BCUT2D eigenvalue weighted by molar-refractivity contribution is 7.89. The van der Waals surface area contributed by atoms with E-state index in [0.717, 1.165) is 19.3 Å². The zero-order chi connectivity index (χ0) is 13.2. The second kappa shape index (κ2) is 5.59. The average molecular weight is 292 g/mol. The number of rotatable bonds is 5. The van der Waals surface area contributed by atoms with Crippen LogP contribution < -0.4 is 4.72 Å². The monoisotopic (exact) mass is 291 g/mol. The van der Waals surface area contributed by atoms with E-state index in [1.54, 1.807) is 7.05 Å². The molecule has 1 heterocycles. The van der Waals surface area contributed by atoms with E-state index >= 15 is 0 Å². The lowest BCUT2D eigenvalue weighted by molar-refractivity contribution is 0.418. The number of aryl methyl sites for hydroxylation is 1. The van der Waals surface area contributed by atoms with E-state index in [1.165, 1.54) is 17.1 Å². The number of alkyl halides is 1. The lowest BCUT2D eigenvalue weighted by Crippen LogP contribution is -2.31. The highest BCUT2D eigenvalue weighted by Crippen LogP contribution is 2.32. The van der Waals surface area contributed by atoms with Crippen LogP contribution in [0, 0.1) is 11.8 Å². The average Bonchev–Trinajstić information content (AvgIpc) is 2.94. The van der Waals surface area contributed by atoms with Crippen molar-refractivity contribution in [2.24, 2.45) is 18.9 Å². The van der Waals surface area contributed by atoms with E-state index in [9.17, 15) is 8.42 Å². The summed E-state index contributed by atoms with van der Waals surface area (Å²) in [5.74, 6) is 1.40. The molecule has 1 saturated carbocycles. The number of aromatic nitrogens is 2. The second-order valence-electron chi connectivity index (χ2n) is 4.81. The number of halogens is 1. The minimum absolute atomic E-state index is 0.213. The Morgan fingerprint density at radius 3 is 2.83 bits per heavy atom. The van der Waals surface area contributed by atoms with E-state index in [2.05, 4.69) is 9.82 Å². The van der Waals surface area contributed by atoms with Crippen LogP contribution in [-0.4, -0.2) is 30.6 Å². The van der Waals surface area contributed by atoms with Gasteiger partial charge in [-0.1, -0.05) is 6.42 Å². The van der Waals surface area contributed by atoms with Crippen molar-refractivity contribution in [3.63, 3.8) is 0 Å². The fourth-order valence-corrected chi connectivity index (χ4v) is 3.91. The molecule has 1 fully saturated rings. The van der Waals surface area contributed by atoms with Gasteiger partial charge in [-0.15, -0.1) is 11.6 Å². The first kappa shape index (κ1) is 13.8. The van der Waals surface area contributed by atoms with E-state index < -0.39 is 10.0 Å². The maximum atomic E-state index is 12.0. The SMILES string of the molecule is Cn1cc(S(=O)(=O)NCC2CCCC2CCl)cn1. The summed E-state index contributed by atoms with van der Waals surface area (Å²) in [5.41, 5.74) is 0. The smallest absolute Gasteiger partial charge is 0.243 e. The third-order valence-corrected chi connectivity index (χ3v) is 5.32. The van der Waals surface area contributed by atoms with Gasteiger partial charge in [0.25, 0.3) is 0 Å². The number of hydrogen-bond donors (Lipinski definition) is 1. The summed E-state index contributed by atoms with van der Waals surface area (Å²) in [5, 5.41) is 3.87. The van der Waals surface area contributed by atoms with Crippen molar-refractivity contribution in [2.45, 2.75) is 24.2 Å². The first-order valence-corrected chi connectivity index (χ1v) is 8.09. The minimum atomic E-state index is -3.43. The molecule has 1 aromatic rings. The number of sulfonamides is 1. The van der Waals surface area contributed by atoms with E-state index in [0.29, 0.717) is 24.3 Å². The molecule has 0 aliphatic heterocycles. The van der Waals surface area contributed by atoms with E-state index in [4.69, 9.17) is 11.6 Å². The first-order chi connectivity index (χ1) is 8.53. The molecule has 0 spiro atoms. The summed E-state index contributed by atoms with van der Waals surface area (Å²) < 4.78 is 28.1. The Morgan fingerprint density at radius 2 is 2.22 bits per heavy atom. The maximum absolute atomic E-state index is 12.0. The van der Waals surface area contributed by atoms with Crippen molar-refractivity contribution in [2.75, 3.05) is 12.4 Å². The van der Waals surface area contributed by atoms with E-state index in [-0.39, 0.29) is 4.90 Å².